The molecule has 1 saturated heterocycles. The van der Waals surface area contributed by atoms with Gasteiger partial charge in [0, 0.05) is 36.8 Å². The first-order chi connectivity index (χ1) is 15.3. The lowest BCUT2D eigenvalue weighted by molar-refractivity contribution is -0.0686. The van der Waals surface area contributed by atoms with Gasteiger partial charge in [0.05, 0.1) is 18.9 Å². The number of hydrogen-bond acceptors (Lipinski definition) is 7. The van der Waals surface area contributed by atoms with E-state index in [2.05, 4.69) is 30.3 Å². The van der Waals surface area contributed by atoms with Gasteiger partial charge in [0.1, 0.15) is 29.9 Å². The van der Waals surface area contributed by atoms with Gasteiger partial charge in [0.25, 0.3) is 0 Å². The minimum absolute atomic E-state index is 0.00172. The van der Waals surface area contributed by atoms with Crippen molar-refractivity contribution < 1.29 is 18.3 Å². The highest BCUT2D eigenvalue weighted by Crippen LogP contribution is 2.34. The van der Waals surface area contributed by atoms with Crippen molar-refractivity contribution in [1.82, 2.24) is 29.6 Å². The summed E-state index contributed by atoms with van der Waals surface area (Å²) < 4.78 is 42.7. The molecule has 0 spiro atoms. The first-order valence-electron chi connectivity index (χ1n) is 10.3. The van der Waals surface area contributed by atoms with E-state index in [1.165, 1.54) is 23.4 Å². The molecule has 1 aliphatic rings. The largest absolute Gasteiger partial charge is 0.381 e. The summed E-state index contributed by atoms with van der Waals surface area (Å²) in [5, 5.41) is 18.9. The number of rotatable bonds is 7. The normalized spacial score (nSPS) is 18.3. The number of halogens is 3. The molecule has 1 aromatic carbocycles. The zero-order valence-electron chi connectivity index (χ0n) is 17.5. The predicted molar refractivity (Wildman–Crippen MR) is 110 cm³/mol. The molecule has 11 heteroatoms. The Kier molecular flexibility index (Phi) is 6.38. The molecule has 170 valence electrons. The quantitative estimate of drug-likeness (QED) is 0.574. The third-order valence-corrected chi connectivity index (χ3v) is 5.99. The number of nitrogens with one attached hydrogen (secondary N) is 1. The number of benzene rings is 1. The van der Waals surface area contributed by atoms with Gasteiger partial charge in [-0.15, -0.1) is 0 Å². The van der Waals surface area contributed by atoms with Crippen LogP contribution in [-0.2, 0) is 12.1 Å². The maximum Gasteiger partial charge on any atom is 0.222 e. The van der Waals surface area contributed by atoms with E-state index >= 15 is 0 Å². The summed E-state index contributed by atoms with van der Waals surface area (Å²) in [7, 11) is 0. The van der Waals surface area contributed by atoms with Crippen molar-refractivity contribution in [2.75, 3.05) is 18.4 Å². The lowest BCUT2D eigenvalue weighted by Gasteiger charge is -2.44. The van der Waals surface area contributed by atoms with Crippen LogP contribution in [0.1, 0.15) is 25.3 Å². The monoisotopic (exact) mass is 447 g/mol. The van der Waals surface area contributed by atoms with Gasteiger partial charge in [-0.05, 0) is 25.8 Å². The summed E-state index contributed by atoms with van der Waals surface area (Å²) >= 11 is 0. The molecular weight excluding hydrogens is 423 g/mol. The second-order valence-corrected chi connectivity index (χ2v) is 8.00. The van der Waals surface area contributed by atoms with Crippen molar-refractivity contribution in [2.45, 2.75) is 44.0 Å². The Labute approximate surface area is 183 Å². The van der Waals surface area contributed by atoms with Gasteiger partial charge in [-0.25, -0.2) is 32.8 Å². The van der Waals surface area contributed by atoms with Gasteiger partial charge in [-0.3, -0.25) is 4.90 Å². The number of piperidine rings is 1. The Morgan fingerprint density at radius 2 is 1.88 bits per heavy atom. The summed E-state index contributed by atoms with van der Waals surface area (Å²) in [5.41, 5.74) is -1.67. The molecule has 0 saturated carbocycles. The smallest absolute Gasteiger partial charge is 0.222 e. The van der Waals surface area contributed by atoms with Crippen molar-refractivity contribution >= 4 is 5.95 Å². The van der Waals surface area contributed by atoms with Crippen LogP contribution in [0.25, 0.3) is 0 Å². The molecule has 1 aliphatic heterocycles. The summed E-state index contributed by atoms with van der Waals surface area (Å²) in [6.07, 6.45) is 6.42. The number of hydrogen-bond donors (Lipinski definition) is 2. The van der Waals surface area contributed by atoms with Gasteiger partial charge in [-0.1, -0.05) is 6.07 Å². The second-order valence-electron chi connectivity index (χ2n) is 8.00. The molecule has 2 aromatic heterocycles. The molecule has 32 heavy (non-hydrogen) atoms. The van der Waals surface area contributed by atoms with E-state index in [1.807, 2.05) is 6.92 Å². The number of aliphatic hydroxyl groups is 1. The predicted octanol–water partition coefficient (Wildman–Crippen LogP) is 2.34. The van der Waals surface area contributed by atoms with E-state index in [4.69, 9.17) is 0 Å². The molecule has 0 radical (unpaired) electrons. The SMILES string of the molecule is C[C@@H](N1CCC(Nc2ncc(F)cn2)CC1)[C@](O)(Cn1cncn1)c1ccc(F)cc1F. The Hall–Kier alpha value is -3.05. The standard InChI is InChI=1S/C21H24F3N7O/c1-14(30-6-4-17(5-7-30)29-20-26-9-16(23)10-27-20)21(32,11-31-13-25-12-28-31)18-3-2-15(22)8-19(18)24/h2-3,8-10,12-14,17,32H,4-7,11H2,1H3,(H,26,27,29)/t14-,21-/m1/s1. The highest BCUT2D eigenvalue weighted by atomic mass is 19.1. The van der Waals surface area contributed by atoms with Crippen LogP contribution in [0.5, 0.6) is 0 Å². The van der Waals surface area contributed by atoms with E-state index in [1.54, 1.807) is 0 Å². The lowest BCUT2D eigenvalue weighted by Crippen LogP contribution is -2.55. The maximum atomic E-state index is 14.7. The first kappa shape index (κ1) is 22.2. The van der Waals surface area contributed by atoms with Gasteiger partial charge >= 0.3 is 0 Å². The molecule has 0 bridgehead atoms. The molecule has 0 aliphatic carbocycles. The molecule has 4 rings (SSSR count). The second kappa shape index (κ2) is 9.21. The van der Waals surface area contributed by atoms with Gasteiger partial charge in [0.15, 0.2) is 5.82 Å². The Morgan fingerprint density at radius 3 is 2.50 bits per heavy atom. The third-order valence-electron chi connectivity index (χ3n) is 5.99. The lowest BCUT2D eigenvalue weighted by atomic mass is 9.84. The number of anilines is 1. The third kappa shape index (κ3) is 4.73. The molecular formula is C21H24F3N7O. The van der Waals surface area contributed by atoms with Crippen LogP contribution in [0.15, 0.2) is 43.2 Å². The summed E-state index contributed by atoms with van der Waals surface area (Å²) in [6, 6.07) is 2.76. The van der Waals surface area contributed by atoms with E-state index < -0.39 is 29.1 Å². The topological polar surface area (TPSA) is 92.0 Å². The number of likely N-dealkylation sites (tertiary alicyclic amines) is 1. The number of nitrogens with zero attached hydrogens (tertiary/aromatic N) is 6. The molecule has 8 nitrogen and oxygen atoms in total. The van der Waals surface area contributed by atoms with E-state index in [-0.39, 0.29) is 18.2 Å². The van der Waals surface area contributed by atoms with E-state index in [0.29, 0.717) is 19.0 Å². The van der Waals surface area contributed by atoms with Crippen molar-refractivity contribution in [3.05, 3.63) is 66.3 Å². The fraction of sp³-hybridized carbons (Fsp3) is 0.429. The van der Waals surface area contributed by atoms with Crippen molar-refractivity contribution in [3.63, 3.8) is 0 Å². The Balaban J connectivity index is 1.50. The Bertz CT molecular complexity index is 1030. The Morgan fingerprint density at radius 1 is 1.16 bits per heavy atom. The molecule has 2 atom stereocenters. The zero-order valence-corrected chi connectivity index (χ0v) is 17.5. The van der Waals surface area contributed by atoms with Gasteiger partial charge in [-0.2, -0.15) is 5.10 Å². The van der Waals surface area contributed by atoms with Crippen LogP contribution in [0, 0.1) is 17.5 Å². The van der Waals surface area contributed by atoms with Crippen LogP contribution in [0.2, 0.25) is 0 Å². The van der Waals surface area contributed by atoms with Crippen LogP contribution in [-0.4, -0.2) is 59.9 Å². The maximum absolute atomic E-state index is 14.7. The fourth-order valence-electron chi connectivity index (χ4n) is 4.15. The van der Waals surface area contributed by atoms with E-state index in [0.717, 1.165) is 37.4 Å². The molecule has 0 unspecified atom stereocenters. The van der Waals surface area contributed by atoms with Gasteiger partial charge in [0.2, 0.25) is 5.95 Å². The van der Waals surface area contributed by atoms with Crippen molar-refractivity contribution in [1.29, 1.82) is 0 Å². The van der Waals surface area contributed by atoms with Gasteiger partial charge < -0.3 is 10.4 Å². The van der Waals surface area contributed by atoms with Crippen LogP contribution in [0.4, 0.5) is 19.1 Å². The minimum Gasteiger partial charge on any atom is -0.381 e. The summed E-state index contributed by atoms with van der Waals surface area (Å²) in [5.74, 6) is -1.67. The number of aromatic nitrogens is 5. The average molecular weight is 447 g/mol. The molecule has 3 aromatic rings. The van der Waals surface area contributed by atoms with Crippen LogP contribution >= 0.6 is 0 Å². The minimum atomic E-state index is -1.67. The fourth-order valence-corrected chi connectivity index (χ4v) is 4.15. The summed E-state index contributed by atoms with van der Waals surface area (Å²) in [4.78, 5) is 13.8. The first-order valence-corrected chi connectivity index (χ1v) is 10.3. The van der Waals surface area contributed by atoms with Crippen molar-refractivity contribution in [3.8, 4) is 0 Å². The molecule has 0 amide bonds. The molecule has 2 N–H and O–H groups in total. The molecule has 3 heterocycles. The highest BCUT2D eigenvalue weighted by molar-refractivity contribution is 5.28. The summed E-state index contributed by atoms with van der Waals surface area (Å²) in [6.45, 7) is 3.00. The zero-order chi connectivity index (χ0) is 22.7. The van der Waals surface area contributed by atoms with E-state index in [9.17, 15) is 18.3 Å². The van der Waals surface area contributed by atoms with Crippen molar-refractivity contribution in [2.24, 2.45) is 0 Å². The van der Waals surface area contributed by atoms with Crippen LogP contribution in [0.3, 0.4) is 0 Å². The highest BCUT2D eigenvalue weighted by Gasteiger charge is 2.42. The van der Waals surface area contributed by atoms with Crippen LogP contribution < -0.4 is 5.32 Å². The molecule has 1 fully saturated rings. The average Bonchev–Trinajstić information content (AvgIpc) is 3.28.